The van der Waals surface area contributed by atoms with Gasteiger partial charge in [-0.2, -0.15) is 13.5 Å². The Labute approximate surface area is 342 Å². The first-order chi connectivity index (χ1) is 28.6. The Morgan fingerprint density at radius 1 is 0.763 bits per heavy atom. The third-order valence-electron chi connectivity index (χ3n) is 9.87. The highest BCUT2D eigenvalue weighted by molar-refractivity contribution is 7.86. The second kappa shape index (κ2) is 18.6. The number of hydrazone groups is 1. The number of nitrogens with one attached hydrogen (secondary N) is 1. The van der Waals surface area contributed by atoms with E-state index in [0.717, 1.165) is 52.8 Å². The van der Waals surface area contributed by atoms with Crippen molar-refractivity contribution in [3.05, 3.63) is 162 Å². The van der Waals surface area contributed by atoms with Crippen LogP contribution in [0.5, 0.6) is 11.6 Å². The van der Waals surface area contributed by atoms with Gasteiger partial charge in [-0.3, -0.25) is 14.8 Å². The second-order valence-electron chi connectivity index (χ2n) is 14.0. The molecule has 5 aromatic carbocycles. The Morgan fingerprint density at radius 2 is 1.44 bits per heavy atom. The van der Waals surface area contributed by atoms with Gasteiger partial charge in [-0.05, 0) is 90.0 Å². The number of unbranched alkanes of at least 4 members (excludes halogenated alkanes) is 2. The van der Waals surface area contributed by atoms with Crippen LogP contribution >= 0.6 is 0 Å². The monoisotopic (exact) mass is 810 g/mol. The molecule has 3 N–H and O–H groups in total. The highest BCUT2D eigenvalue weighted by Gasteiger charge is 2.35. The standard InChI is InChI=1S/C46H42N4O8S/c51-45(34-18-21-39(22-19-34)49-47-30-36-16-8-9-17-43(36)59(54,55)56)50-31-38-26-40(23-20-35(38)28-42(50)46(52)53)57-24-10-3-11-25-58-44-29-37(32-12-4-1-5-13-32)27-41(48-44)33-14-6-2-7-15-33/h1-2,4-9,12-23,26-27,29-30,42,49H,3,10-11,24-25,28,31H2,(H,52,53)(H,54,55,56)/b47-30+. The molecule has 13 heteroatoms. The SMILES string of the molecule is O=C(O)C1Cc2ccc(OCCCCCOc3cc(-c4ccccc4)cc(-c4ccccc4)n3)cc2CN1C(=O)c1ccc(N/N=C/c2ccccc2S(=O)(=O)O)cc1. The quantitative estimate of drug-likeness (QED) is 0.0374. The molecule has 0 saturated heterocycles. The molecule has 0 fully saturated rings. The van der Waals surface area contributed by atoms with Gasteiger partial charge < -0.3 is 19.5 Å². The van der Waals surface area contributed by atoms with Crippen molar-refractivity contribution in [3.63, 3.8) is 0 Å². The summed E-state index contributed by atoms with van der Waals surface area (Å²) in [5.74, 6) is -0.311. The van der Waals surface area contributed by atoms with Gasteiger partial charge in [0.25, 0.3) is 16.0 Å². The van der Waals surface area contributed by atoms with Crippen LogP contribution in [0.25, 0.3) is 22.4 Å². The minimum atomic E-state index is -4.43. The van der Waals surface area contributed by atoms with Gasteiger partial charge in [0, 0.05) is 35.7 Å². The molecule has 2 heterocycles. The minimum Gasteiger partial charge on any atom is -0.494 e. The fraction of sp³-hybridized carbons (Fsp3) is 0.174. The van der Waals surface area contributed by atoms with Crippen LogP contribution in [0.4, 0.5) is 5.69 Å². The largest absolute Gasteiger partial charge is 0.494 e. The van der Waals surface area contributed by atoms with Crippen molar-refractivity contribution in [1.29, 1.82) is 0 Å². The van der Waals surface area contributed by atoms with Gasteiger partial charge in [-0.1, -0.05) is 84.9 Å². The first-order valence-electron chi connectivity index (χ1n) is 19.1. The fourth-order valence-electron chi connectivity index (χ4n) is 6.82. The average Bonchev–Trinajstić information content (AvgIpc) is 3.26. The number of aliphatic carboxylic acids is 1. The van der Waals surface area contributed by atoms with E-state index in [0.29, 0.717) is 36.1 Å². The summed E-state index contributed by atoms with van der Waals surface area (Å²) >= 11 is 0. The molecule has 0 spiro atoms. The summed E-state index contributed by atoms with van der Waals surface area (Å²) in [6, 6.07) is 41.0. The van der Waals surface area contributed by atoms with Crippen molar-refractivity contribution in [2.75, 3.05) is 18.6 Å². The maximum atomic E-state index is 13.7. The Hall–Kier alpha value is -6.83. The number of hydrogen-bond acceptors (Lipinski definition) is 9. The molecule has 1 unspecified atom stereocenters. The molecule has 7 rings (SSSR count). The molecule has 59 heavy (non-hydrogen) atoms. The Morgan fingerprint density at radius 3 is 2.15 bits per heavy atom. The summed E-state index contributed by atoms with van der Waals surface area (Å²) in [6.45, 7) is 1.09. The second-order valence-corrected chi connectivity index (χ2v) is 15.3. The van der Waals surface area contributed by atoms with Crippen molar-refractivity contribution in [3.8, 4) is 34.0 Å². The van der Waals surface area contributed by atoms with Crippen molar-refractivity contribution < 1.29 is 37.1 Å². The fourth-order valence-corrected chi connectivity index (χ4v) is 7.49. The summed E-state index contributed by atoms with van der Waals surface area (Å²) in [4.78, 5) is 31.9. The van der Waals surface area contributed by atoms with E-state index < -0.39 is 28.0 Å². The van der Waals surface area contributed by atoms with E-state index in [4.69, 9.17) is 14.5 Å². The number of fused-ring (bicyclic) bond motifs is 1. The third-order valence-corrected chi connectivity index (χ3v) is 10.8. The van der Waals surface area contributed by atoms with Crippen LogP contribution in [0.3, 0.4) is 0 Å². The van der Waals surface area contributed by atoms with E-state index in [-0.39, 0.29) is 23.4 Å². The number of carbonyl (C=O) groups excluding carboxylic acids is 1. The zero-order valence-corrected chi connectivity index (χ0v) is 32.8. The predicted octanol–water partition coefficient (Wildman–Crippen LogP) is 8.39. The van der Waals surface area contributed by atoms with Crippen LogP contribution < -0.4 is 14.9 Å². The molecule has 0 saturated carbocycles. The van der Waals surface area contributed by atoms with Gasteiger partial charge >= 0.3 is 5.97 Å². The first kappa shape index (κ1) is 40.4. The number of amides is 1. The van der Waals surface area contributed by atoms with Crippen LogP contribution in [0.1, 0.15) is 46.3 Å². The number of carbonyl (C=O) groups is 2. The molecule has 1 atom stereocenters. The van der Waals surface area contributed by atoms with Crippen molar-refractivity contribution in [2.24, 2.45) is 5.10 Å². The lowest BCUT2D eigenvalue weighted by Gasteiger charge is -2.34. The number of anilines is 1. The molecule has 1 aromatic heterocycles. The summed E-state index contributed by atoms with van der Waals surface area (Å²) in [5.41, 5.74) is 9.41. The zero-order valence-electron chi connectivity index (χ0n) is 32.0. The lowest BCUT2D eigenvalue weighted by molar-refractivity contribution is -0.142. The number of carboxylic acid groups (broad SMARTS) is 1. The molecule has 6 aromatic rings. The van der Waals surface area contributed by atoms with Crippen LogP contribution in [-0.2, 0) is 27.9 Å². The average molecular weight is 811 g/mol. The van der Waals surface area contributed by atoms with Crippen molar-refractivity contribution in [2.45, 2.75) is 43.2 Å². The van der Waals surface area contributed by atoms with Crippen LogP contribution in [-0.4, -0.2) is 65.3 Å². The minimum absolute atomic E-state index is 0.0998. The third kappa shape index (κ3) is 10.4. The Kier molecular flexibility index (Phi) is 12.7. The molecule has 0 bridgehead atoms. The summed E-state index contributed by atoms with van der Waals surface area (Å²) < 4.78 is 45.0. The molecule has 300 valence electrons. The topological polar surface area (TPSA) is 168 Å². The Bertz CT molecular complexity index is 2490. The van der Waals surface area contributed by atoms with E-state index in [9.17, 15) is 27.7 Å². The van der Waals surface area contributed by atoms with Crippen LogP contribution in [0.15, 0.2) is 150 Å². The maximum absolute atomic E-state index is 13.7. The van der Waals surface area contributed by atoms with E-state index in [2.05, 4.69) is 28.7 Å². The molecule has 0 radical (unpaired) electrons. The first-order valence-corrected chi connectivity index (χ1v) is 20.6. The van der Waals surface area contributed by atoms with E-state index in [1.54, 1.807) is 30.3 Å². The lowest BCUT2D eigenvalue weighted by Crippen LogP contribution is -2.48. The smallest absolute Gasteiger partial charge is 0.326 e. The molecule has 0 aliphatic carbocycles. The molecule has 1 aliphatic heterocycles. The number of benzene rings is 5. The van der Waals surface area contributed by atoms with Gasteiger partial charge in [-0.25, -0.2) is 9.78 Å². The maximum Gasteiger partial charge on any atom is 0.326 e. The van der Waals surface area contributed by atoms with Gasteiger partial charge in [0.05, 0.1) is 30.8 Å². The molecule has 12 nitrogen and oxygen atoms in total. The van der Waals surface area contributed by atoms with E-state index >= 15 is 0 Å². The van der Waals surface area contributed by atoms with Gasteiger partial charge in [0.1, 0.15) is 16.7 Å². The highest BCUT2D eigenvalue weighted by atomic mass is 32.2. The van der Waals surface area contributed by atoms with Crippen LogP contribution in [0, 0.1) is 0 Å². The normalized spacial score (nSPS) is 13.8. The highest BCUT2D eigenvalue weighted by Crippen LogP contribution is 2.31. The summed E-state index contributed by atoms with van der Waals surface area (Å²) in [6.07, 6.45) is 3.90. The Balaban J connectivity index is 0.911. The van der Waals surface area contributed by atoms with Gasteiger partial charge in [-0.15, -0.1) is 0 Å². The van der Waals surface area contributed by atoms with E-state index in [1.165, 1.54) is 29.3 Å². The molecule has 1 aliphatic rings. The van der Waals surface area contributed by atoms with Gasteiger partial charge in [0.15, 0.2) is 0 Å². The number of nitrogens with zero attached hydrogens (tertiary/aromatic N) is 3. The number of carboxylic acids is 1. The summed E-state index contributed by atoms with van der Waals surface area (Å²) in [7, 11) is -4.43. The van der Waals surface area contributed by atoms with E-state index in [1.807, 2.05) is 72.8 Å². The number of hydrogen-bond donors (Lipinski definition) is 3. The number of ether oxygens (including phenoxy) is 2. The zero-order chi connectivity index (χ0) is 41.2. The molecular formula is C46H42N4O8S. The van der Waals surface area contributed by atoms with Crippen molar-refractivity contribution in [1.82, 2.24) is 9.88 Å². The number of pyridine rings is 1. The number of rotatable bonds is 16. The molecule has 1 amide bonds. The van der Waals surface area contributed by atoms with Crippen molar-refractivity contribution >= 4 is 33.9 Å². The number of aromatic nitrogens is 1. The van der Waals surface area contributed by atoms with Crippen LogP contribution in [0.2, 0.25) is 0 Å². The molecular weight excluding hydrogens is 769 g/mol. The van der Waals surface area contributed by atoms with Gasteiger partial charge in [0.2, 0.25) is 5.88 Å². The predicted molar refractivity (Wildman–Crippen MR) is 225 cm³/mol. The summed E-state index contributed by atoms with van der Waals surface area (Å²) in [5, 5.41) is 14.1. The lowest BCUT2D eigenvalue weighted by atomic mass is 9.93.